The molecule has 2 N–H and O–H groups in total. The highest BCUT2D eigenvalue weighted by molar-refractivity contribution is 5.93. The van der Waals surface area contributed by atoms with Crippen LogP contribution in [-0.4, -0.2) is 31.8 Å². The normalized spacial score (nSPS) is 11.5. The minimum absolute atomic E-state index is 0.237. The van der Waals surface area contributed by atoms with Crippen LogP contribution >= 0.6 is 0 Å². The smallest absolute Gasteiger partial charge is 0.331 e. The van der Waals surface area contributed by atoms with E-state index in [9.17, 15) is 9.90 Å². The summed E-state index contributed by atoms with van der Waals surface area (Å²) >= 11 is 0. The maximum Gasteiger partial charge on any atom is 0.331 e. The molecule has 2 aromatic rings. The zero-order chi connectivity index (χ0) is 21.7. The average Bonchev–Trinajstić information content (AvgIpc) is 2.69. The molecular formula is C24H31NO4. The molecule has 0 amide bonds. The van der Waals surface area contributed by atoms with Crippen molar-refractivity contribution in [2.24, 2.45) is 5.92 Å². The number of carbonyl (C=O) groups is 1. The van der Waals surface area contributed by atoms with Gasteiger partial charge in [-0.3, -0.25) is 0 Å². The van der Waals surface area contributed by atoms with Crippen molar-refractivity contribution in [2.75, 3.05) is 26.1 Å². The molecule has 2 aromatic carbocycles. The van der Waals surface area contributed by atoms with Gasteiger partial charge in [-0.05, 0) is 50.5 Å². The van der Waals surface area contributed by atoms with Gasteiger partial charge >= 0.3 is 5.97 Å². The van der Waals surface area contributed by atoms with Crippen LogP contribution in [0.4, 0.5) is 5.69 Å². The Labute approximate surface area is 173 Å². The van der Waals surface area contributed by atoms with Gasteiger partial charge in [0.15, 0.2) is 0 Å². The summed E-state index contributed by atoms with van der Waals surface area (Å²) < 4.78 is 11.4. The molecule has 29 heavy (non-hydrogen) atoms. The van der Waals surface area contributed by atoms with Crippen molar-refractivity contribution in [3.05, 3.63) is 46.5 Å². The number of nitrogens with one attached hydrogen (secondary N) is 1. The van der Waals surface area contributed by atoms with Crippen LogP contribution in [0.15, 0.2) is 29.8 Å². The predicted molar refractivity (Wildman–Crippen MR) is 119 cm³/mol. The molecule has 5 nitrogen and oxygen atoms in total. The Balaban J connectivity index is 2.63. The zero-order valence-corrected chi connectivity index (χ0v) is 18.3. The molecule has 0 aliphatic carbocycles. The largest absolute Gasteiger partial charge is 0.496 e. The summed E-state index contributed by atoms with van der Waals surface area (Å²) in [5, 5.41) is 12.7. The number of carboxylic acids is 1. The van der Waals surface area contributed by atoms with Crippen molar-refractivity contribution < 1.29 is 19.4 Å². The van der Waals surface area contributed by atoms with E-state index >= 15 is 0 Å². The summed E-state index contributed by atoms with van der Waals surface area (Å²) in [6.45, 7) is 10.7. The van der Waals surface area contributed by atoms with Crippen LogP contribution in [0.2, 0.25) is 0 Å². The monoisotopic (exact) mass is 397 g/mol. The molecule has 0 atom stereocenters. The topological polar surface area (TPSA) is 67.8 Å². The fraction of sp³-hybridized carbons (Fsp3) is 0.375. The Morgan fingerprint density at radius 3 is 2.14 bits per heavy atom. The molecule has 0 aliphatic rings. The lowest BCUT2D eigenvalue weighted by atomic mass is 9.91. The molecule has 0 spiro atoms. The molecule has 0 unspecified atom stereocenters. The van der Waals surface area contributed by atoms with Crippen molar-refractivity contribution in [3.63, 3.8) is 0 Å². The van der Waals surface area contributed by atoms with Gasteiger partial charge < -0.3 is 19.9 Å². The zero-order valence-electron chi connectivity index (χ0n) is 18.3. The van der Waals surface area contributed by atoms with E-state index in [2.05, 4.69) is 43.4 Å². The molecule has 0 saturated heterocycles. The standard InChI is InChI=1S/C24H31NO4/c1-14(2)13-25-19-10-8-18(9-11-19)21-17(5)22(28-6)20(12-15(3)24(26)27)16(4)23(21)29-7/h8-12,14,25H,13H2,1-7H3,(H,26,27). The van der Waals surface area contributed by atoms with E-state index in [1.165, 1.54) is 0 Å². The Morgan fingerprint density at radius 1 is 1.07 bits per heavy atom. The molecule has 156 valence electrons. The van der Waals surface area contributed by atoms with Crippen LogP contribution in [0.1, 0.15) is 37.5 Å². The van der Waals surface area contributed by atoms with Crippen LogP contribution in [0.25, 0.3) is 17.2 Å². The highest BCUT2D eigenvalue weighted by Crippen LogP contribution is 2.44. The third kappa shape index (κ3) is 4.91. The van der Waals surface area contributed by atoms with E-state index in [0.29, 0.717) is 11.7 Å². The summed E-state index contributed by atoms with van der Waals surface area (Å²) in [4.78, 5) is 11.3. The lowest BCUT2D eigenvalue weighted by Gasteiger charge is -2.21. The first kappa shape index (κ1) is 22.3. The van der Waals surface area contributed by atoms with Gasteiger partial charge in [-0.1, -0.05) is 26.0 Å². The SMILES string of the molecule is COc1c(C)c(-c2ccc(NCC(C)C)cc2)c(OC)c(C)c1C=C(C)C(=O)O. The Morgan fingerprint density at radius 2 is 1.66 bits per heavy atom. The number of anilines is 1. The van der Waals surface area contributed by atoms with Crippen LogP contribution < -0.4 is 14.8 Å². The van der Waals surface area contributed by atoms with E-state index in [4.69, 9.17) is 9.47 Å². The summed E-state index contributed by atoms with van der Waals surface area (Å²) in [7, 11) is 3.23. The van der Waals surface area contributed by atoms with Crippen molar-refractivity contribution in [2.45, 2.75) is 34.6 Å². The van der Waals surface area contributed by atoms with Gasteiger partial charge in [-0.15, -0.1) is 0 Å². The first-order chi connectivity index (χ1) is 13.7. The van der Waals surface area contributed by atoms with Gasteiger partial charge in [-0.2, -0.15) is 0 Å². The van der Waals surface area contributed by atoms with E-state index in [1.807, 2.05) is 13.8 Å². The Hall–Kier alpha value is -2.95. The summed E-state index contributed by atoms with van der Waals surface area (Å²) in [5.74, 6) is 0.979. The fourth-order valence-corrected chi connectivity index (χ4v) is 3.36. The van der Waals surface area contributed by atoms with Gasteiger partial charge in [0.05, 0.1) is 14.2 Å². The minimum Gasteiger partial charge on any atom is -0.496 e. The Bertz CT molecular complexity index is 912. The van der Waals surface area contributed by atoms with Crippen LogP contribution in [0, 0.1) is 19.8 Å². The van der Waals surface area contributed by atoms with Crippen LogP contribution in [0.3, 0.4) is 0 Å². The molecule has 0 heterocycles. The van der Waals surface area contributed by atoms with E-state index in [1.54, 1.807) is 27.2 Å². The predicted octanol–water partition coefficient (Wildman–Crippen LogP) is 5.54. The van der Waals surface area contributed by atoms with Crippen molar-refractivity contribution in [3.8, 4) is 22.6 Å². The number of benzene rings is 2. The number of hydrogen-bond donors (Lipinski definition) is 2. The highest BCUT2D eigenvalue weighted by atomic mass is 16.5. The summed E-state index contributed by atoms with van der Waals surface area (Å²) in [6.07, 6.45) is 1.63. The number of rotatable bonds is 8. The van der Waals surface area contributed by atoms with Gasteiger partial charge in [0.1, 0.15) is 11.5 Å². The van der Waals surface area contributed by atoms with Gasteiger partial charge in [-0.25, -0.2) is 4.79 Å². The molecular weight excluding hydrogens is 366 g/mol. The molecule has 0 aromatic heterocycles. The lowest BCUT2D eigenvalue weighted by molar-refractivity contribution is -0.132. The average molecular weight is 398 g/mol. The van der Waals surface area contributed by atoms with Crippen LogP contribution in [0.5, 0.6) is 11.5 Å². The quantitative estimate of drug-likeness (QED) is 0.572. The minimum atomic E-state index is -0.961. The van der Waals surface area contributed by atoms with Gasteiger partial charge in [0.25, 0.3) is 0 Å². The second kappa shape index (κ2) is 9.50. The third-order valence-electron chi connectivity index (χ3n) is 4.93. The Kier molecular flexibility index (Phi) is 7.32. The lowest BCUT2D eigenvalue weighted by Crippen LogP contribution is -2.07. The molecule has 0 aliphatic heterocycles. The van der Waals surface area contributed by atoms with E-state index in [0.717, 1.165) is 45.8 Å². The maximum atomic E-state index is 11.3. The molecule has 5 heteroatoms. The fourth-order valence-electron chi connectivity index (χ4n) is 3.36. The van der Waals surface area contributed by atoms with Gasteiger partial charge in [0, 0.05) is 40.1 Å². The first-order valence-electron chi connectivity index (χ1n) is 9.72. The number of methoxy groups -OCH3 is 2. The number of hydrogen-bond acceptors (Lipinski definition) is 4. The van der Waals surface area contributed by atoms with Crippen molar-refractivity contribution >= 4 is 17.7 Å². The number of ether oxygens (including phenoxy) is 2. The molecule has 0 radical (unpaired) electrons. The molecule has 2 rings (SSSR count). The molecule has 0 bridgehead atoms. The van der Waals surface area contributed by atoms with Crippen LogP contribution in [-0.2, 0) is 4.79 Å². The van der Waals surface area contributed by atoms with E-state index in [-0.39, 0.29) is 5.57 Å². The number of aliphatic carboxylic acids is 1. The second-order valence-corrected chi connectivity index (χ2v) is 7.59. The number of carboxylic acid groups (broad SMARTS) is 1. The molecule has 0 saturated carbocycles. The second-order valence-electron chi connectivity index (χ2n) is 7.59. The summed E-state index contributed by atoms with van der Waals surface area (Å²) in [6, 6.07) is 8.23. The third-order valence-corrected chi connectivity index (χ3v) is 4.93. The van der Waals surface area contributed by atoms with Crippen molar-refractivity contribution in [1.29, 1.82) is 0 Å². The van der Waals surface area contributed by atoms with Gasteiger partial charge in [0.2, 0.25) is 0 Å². The van der Waals surface area contributed by atoms with Crippen molar-refractivity contribution in [1.82, 2.24) is 0 Å². The maximum absolute atomic E-state index is 11.3. The van der Waals surface area contributed by atoms with E-state index < -0.39 is 5.97 Å². The highest BCUT2D eigenvalue weighted by Gasteiger charge is 2.21. The first-order valence-corrected chi connectivity index (χ1v) is 9.72. The summed E-state index contributed by atoms with van der Waals surface area (Å²) in [5.41, 5.74) is 5.74. The molecule has 0 fully saturated rings.